The monoisotopic (exact) mass is 371 g/mol. The second-order valence-corrected chi connectivity index (χ2v) is 7.35. The van der Waals surface area contributed by atoms with E-state index >= 15 is 0 Å². The van der Waals surface area contributed by atoms with Crippen molar-refractivity contribution < 1.29 is 14.1 Å². The van der Waals surface area contributed by atoms with E-state index in [4.69, 9.17) is 9.26 Å². The maximum atomic E-state index is 12.5. The fraction of sp³-hybridized carbons (Fsp3) is 0.632. The van der Waals surface area contributed by atoms with E-state index in [0.29, 0.717) is 23.8 Å². The lowest BCUT2D eigenvalue weighted by molar-refractivity contribution is -0.136. The fourth-order valence-electron chi connectivity index (χ4n) is 3.69. The highest BCUT2D eigenvalue weighted by atomic mass is 16.5. The van der Waals surface area contributed by atoms with Gasteiger partial charge in [0.15, 0.2) is 5.82 Å². The zero-order valence-corrected chi connectivity index (χ0v) is 15.6. The van der Waals surface area contributed by atoms with Crippen molar-refractivity contribution in [1.29, 1.82) is 0 Å². The summed E-state index contributed by atoms with van der Waals surface area (Å²) >= 11 is 0. The first-order valence-corrected chi connectivity index (χ1v) is 9.71. The Balaban J connectivity index is 1.31. The van der Waals surface area contributed by atoms with E-state index in [1.54, 1.807) is 12.4 Å². The van der Waals surface area contributed by atoms with E-state index in [-0.39, 0.29) is 17.9 Å². The van der Waals surface area contributed by atoms with Crippen LogP contribution in [0, 0.1) is 6.92 Å². The predicted molar refractivity (Wildman–Crippen MR) is 96.8 cm³/mol. The quantitative estimate of drug-likeness (QED) is 0.815. The number of carbonyl (C=O) groups is 1. The van der Waals surface area contributed by atoms with Gasteiger partial charge in [0.25, 0.3) is 5.89 Å². The van der Waals surface area contributed by atoms with Gasteiger partial charge in [-0.05, 0) is 39.0 Å². The van der Waals surface area contributed by atoms with Crippen LogP contribution in [0.4, 0.5) is 0 Å². The summed E-state index contributed by atoms with van der Waals surface area (Å²) in [5, 5.41) is 4.12. The van der Waals surface area contributed by atoms with Gasteiger partial charge in [-0.25, -0.2) is 4.98 Å². The Morgan fingerprint density at radius 1 is 1.19 bits per heavy atom. The largest absolute Gasteiger partial charge is 0.378 e. The van der Waals surface area contributed by atoms with Gasteiger partial charge in [-0.1, -0.05) is 5.16 Å². The van der Waals surface area contributed by atoms with E-state index in [0.717, 1.165) is 57.5 Å². The maximum Gasteiger partial charge on any atom is 0.278 e. The van der Waals surface area contributed by atoms with E-state index in [9.17, 15) is 4.79 Å². The number of amides is 1. The molecule has 0 spiro atoms. The van der Waals surface area contributed by atoms with Gasteiger partial charge in [0.2, 0.25) is 5.91 Å². The minimum atomic E-state index is 0.0966. The molecule has 2 aromatic heterocycles. The molecule has 2 aromatic rings. The number of likely N-dealkylation sites (tertiary alicyclic amines) is 1. The third-order valence-corrected chi connectivity index (χ3v) is 5.33. The third-order valence-electron chi connectivity index (χ3n) is 5.33. The summed E-state index contributed by atoms with van der Waals surface area (Å²) in [6.45, 7) is 4.12. The number of aromatic nitrogens is 4. The molecule has 1 atom stereocenters. The molecule has 0 unspecified atom stereocenters. The normalized spacial score (nSPS) is 21.4. The lowest BCUT2D eigenvalue weighted by Gasteiger charge is -2.32. The molecule has 8 heteroatoms. The van der Waals surface area contributed by atoms with Gasteiger partial charge >= 0.3 is 0 Å². The molecule has 2 aliphatic rings. The van der Waals surface area contributed by atoms with Gasteiger partial charge in [-0.3, -0.25) is 9.78 Å². The Bertz CT molecular complexity index is 762. The summed E-state index contributed by atoms with van der Waals surface area (Å²) in [5.74, 6) is 1.49. The number of ether oxygens (including phenoxy) is 1. The lowest BCUT2D eigenvalue weighted by atomic mass is 9.95. The molecule has 0 saturated carbocycles. The van der Waals surface area contributed by atoms with Crippen molar-refractivity contribution >= 4 is 5.91 Å². The predicted octanol–water partition coefficient (Wildman–Crippen LogP) is 2.50. The van der Waals surface area contributed by atoms with Crippen molar-refractivity contribution in [3.63, 3.8) is 0 Å². The fourth-order valence-corrected chi connectivity index (χ4v) is 3.69. The summed E-state index contributed by atoms with van der Waals surface area (Å²) in [5.41, 5.74) is 1.42. The molecule has 1 amide bonds. The Morgan fingerprint density at radius 3 is 2.74 bits per heavy atom. The molecule has 2 saturated heterocycles. The first-order valence-electron chi connectivity index (χ1n) is 9.71. The smallest absolute Gasteiger partial charge is 0.278 e. The summed E-state index contributed by atoms with van der Waals surface area (Å²) in [6.07, 6.45) is 8.87. The molecular formula is C19H25N5O3. The van der Waals surface area contributed by atoms with Crippen molar-refractivity contribution in [1.82, 2.24) is 25.0 Å². The first kappa shape index (κ1) is 18.0. The van der Waals surface area contributed by atoms with E-state index in [1.165, 1.54) is 0 Å². The molecule has 0 radical (unpaired) electrons. The number of aryl methyl sites for hydroxylation is 1. The van der Waals surface area contributed by atoms with Crippen LogP contribution in [0.5, 0.6) is 0 Å². The van der Waals surface area contributed by atoms with Crippen LogP contribution < -0.4 is 0 Å². The Hall–Kier alpha value is -2.35. The van der Waals surface area contributed by atoms with Crippen molar-refractivity contribution in [2.24, 2.45) is 0 Å². The third kappa shape index (κ3) is 4.32. The van der Waals surface area contributed by atoms with Crippen molar-refractivity contribution in [3.8, 4) is 11.6 Å². The number of hydrogen-bond donors (Lipinski definition) is 0. The van der Waals surface area contributed by atoms with Crippen LogP contribution in [-0.4, -0.2) is 56.7 Å². The first-order chi connectivity index (χ1) is 13.2. The van der Waals surface area contributed by atoms with Crippen LogP contribution in [0.1, 0.15) is 56.0 Å². The number of rotatable bonds is 4. The standard InChI is InChI=1S/C19H25N5O3/c1-13-11-21-16(12-20-13)19-22-18(23-27-19)14-5-7-24(8-6-14)17(25)10-15-4-2-3-9-26-15/h11-12,14-15H,2-10H2,1H3/t15-/m0/s1. The van der Waals surface area contributed by atoms with E-state index in [2.05, 4.69) is 20.1 Å². The number of piperidine rings is 1. The highest BCUT2D eigenvalue weighted by Crippen LogP contribution is 2.28. The van der Waals surface area contributed by atoms with Crippen LogP contribution in [0.15, 0.2) is 16.9 Å². The average Bonchev–Trinajstić information content (AvgIpc) is 3.20. The van der Waals surface area contributed by atoms with Gasteiger partial charge in [0.05, 0.1) is 24.4 Å². The number of carbonyl (C=O) groups excluding carboxylic acids is 1. The topological polar surface area (TPSA) is 94.2 Å². The molecule has 0 bridgehead atoms. The Labute approximate surface area is 158 Å². The molecule has 0 aromatic carbocycles. The van der Waals surface area contributed by atoms with Gasteiger partial charge in [0, 0.05) is 31.8 Å². The van der Waals surface area contributed by atoms with Crippen LogP contribution in [0.3, 0.4) is 0 Å². The van der Waals surface area contributed by atoms with Gasteiger partial charge in [-0.2, -0.15) is 4.98 Å². The number of hydrogen-bond acceptors (Lipinski definition) is 7. The van der Waals surface area contributed by atoms with Crippen LogP contribution in [-0.2, 0) is 9.53 Å². The molecular weight excluding hydrogens is 346 g/mol. The zero-order valence-electron chi connectivity index (χ0n) is 15.6. The van der Waals surface area contributed by atoms with Gasteiger partial charge in [-0.15, -0.1) is 0 Å². The molecule has 2 aliphatic heterocycles. The summed E-state index contributed by atoms with van der Waals surface area (Å²) in [6, 6.07) is 0. The molecule has 144 valence electrons. The highest BCUT2D eigenvalue weighted by molar-refractivity contribution is 5.76. The average molecular weight is 371 g/mol. The van der Waals surface area contributed by atoms with E-state index < -0.39 is 0 Å². The van der Waals surface area contributed by atoms with Gasteiger partial charge < -0.3 is 14.2 Å². The van der Waals surface area contributed by atoms with E-state index in [1.807, 2.05) is 11.8 Å². The van der Waals surface area contributed by atoms with Crippen molar-refractivity contribution in [3.05, 3.63) is 23.9 Å². The summed E-state index contributed by atoms with van der Waals surface area (Å²) < 4.78 is 11.0. The van der Waals surface area contributed by atoms with Crippen LogP contribution in [0.25, 0.3) is 11.6 Å². The second-order valence-electron chi connectivity index (χ2n) is 7.35. The van der Waals surface area contributed by atoms with Crippen LogP contribution in [0.2, 0.25) is 0 Å². The molecule has 4 heterocycles. The highest BCUT2D eigenvalue weighted by Gasteiger charge is 2.29. The minimum absolute atomic E-state index is 0.0966. The number of nitrogens with zero attached hydrogens (tertiary/aromatic N) is 5. The van der Waals surface area contributed by atoms with Gasteiger partial charge in [0.1, 0.15) is 5.69 Å². The molecule has 27 heavy (non-hydrogen) atoms. The summed E-state index contributed by atoms with van der Waals surface area (Å²) in [4.78, 5) is 27.4. The molecule has 0 aliphatic carbocycles. The molecule has 2 fully saturated rings. The Kier molecular flexibility index (Phi) is 5.42. The SMILES string of the molecule is Cc1cnc(-c2nc(C3CCN(C(=O)C[C@@H]4CCCCO4)CC3)no2)cn1. The molecule has 0 N–H and O–H groups in total. The van der Waals surface area contributed by atoms with Crippen molar-refractivity contribution in [2.45, 2.75) is 57.5 Å². The van der Waals surface area contributed by atoms with Crippen molar-refractivity contribution in [2.75, 3.05) is 19.7 Å². The second kappa shape index (κ2) is 8.12. The molecule has 4 rings (SSSR count). The maximum absolute atomic E-state index is 12.5. The zero-order chi connectivity index (χ0) is 18.6. The minimum Gasteiger partial charge on any atom is -0.378 e. The lowest BCUT2D eigenvalue weighted by Crippen LogP contribution is -2.40. The van der Waals surface area contributed by atoms with Crippen LogP contribution >= 0.6 is 0 Å². The summed E-state index contributed by atoms with van der Waals surface area (Å²) in [7, 11) is 0. The molecule has 8 nitrogen and oxygen atoms in total. The Morgan fingerprint density at radius 2 is 2.04 bits per heavy atom.